The lowest BCUT2D eigenvalue weighted by atomic mass is 10.1. The molecule has 1 aliphatic heterocycles. The van der Waals surface area contributed by atoms with Gasteiger partial charge in [0.2, 0.25) is 0 Å². The van der Waals surface area contributed by atoms with Crippen molar-refractivity contribution in [3.05, 3.63) is 53.6 Å². The van der Waals surface area contributed by atoms with Crippen LogP contribution in [0.15, 0.2) is 42.5 Å². The highest BCUT2D eigenvalue weighted by atomic mass is 16.5. The number of hydrogen-bond acceptors (Lipinski definition) is 4. The van der Waals surface area contributed by atoms with E-state index in [-0.39, 0.29) is 11.9 Å². The van der Waals surface area contributed by atoms with Crippen molar-refractivity contribution in [1.82, 2.24) is 5.32 Å². The van der Waals surface area contributed by atoms with Gasteiger partial charge in [-0.3, -0.25) is 4.79 Å². The van der Waals surface area contributed by atoms with Gasteiger partial charge in [0.15, 0.2) is 11.5 Å². The lowest BCUT2D eigenvalue weighted by Crippen LogP contribution is -2.29. The summed E-state index contributed by atoms with van der Waals surface area (Å²) in [6.07, 6.45) is 3.79. The minimum absolute atomic E-state index is 0.0810. The molecule has 0 bridgehead atoms. The molecule has 1 atom stereocenters. The number of carbonyl (C=O) groups is 1. The summed E-state index contributed by atoms with van der Waals surface area (Å²) in [6.45, 7) is 4.16. The zero-order valence-electron chi connectivity index (χ0n) is 16.3. The van der Waals surface area contributed by atoms with Crippen LogP contribution in [0, 0.1) is 0 Å². The molecule has 27 heavy (non-hydrogen) atoms. The minimum Gasteiger partial charge on any atom is -0.493 e. The van der Waals surface area contributed by atoms with Gasteiger partial charge in [0.05, 0.1) is 20.3 Å². The lowest BCUT2D eigenvalue weighted by Gasteiger charge is -2.28. The van der Waals surface area contributed by atoms with Gasteiger partial charge >= 0.3 is 0 Å². The number of ether oxygens (including phenoxy) is 2. The average Bonchev–Trinajstić information content (AvgIpc) is 2.73. The monoisotopic (exact) mass is 368 g/mol. The van der Waals surface area contributed by atoms with Crippen LogP contribution in [-0.4, -0.2) is 33.2 Å². The van der Waals surface area contributed by atoms with E-state index in [1.807, 2.05) is 49.4 Å². The Morgan fingerprint density at radius 2 is 1.63 bits per heavy atom. The molecule has 1 unspecified atom stereocenters. The van der Waals surface area contributed by atoms with Crippen molar-refractivity contribution in [2.75, 3.05) is 32.2 Å². The topological polar surface area (TPSA) is 50.8 Å². The van der Waals surface area contributed by atoms with E-state index >= 15 is 0 Å². The Morgan fingerprint density at radius 1 is 0.963 bits per heavy atom. The number of hydrogen-bond donors (Lipinski definition) is 1. The van der Waals surface area contributed by atoms with Gasteiger partial charge in [-0.2, -0.15) is 0 Å². The molecule has 0 spiro atoms. The Labute approximate surface area is 161 Å². The van der Waals surface area contributed by atoms with Crippen molar-refractivity contribution >= 4 is 11.6 Å². The third-order valence-electron chi connectivity index (χ3n) is 5.11. The smallest absolute Gasteiger partial charge is 0.251 e. The molecule has 5 heteroatoms. The van der Waals surface area contributed by atoms with Gasteiger partial charge in [0, 0.05) is 24.3 Å². The fourth-order valence-corrected chi connectivity index (χ4v) is 3.46. The molecule has 0 radical (unpaired) electrons. The van der Waals surface area contributed by atoms with Gasteiger partial charge < -0.3 is 19.7 Å². The first-order chi connectivity index (χ1) is 13.1. The first-order valence-corrected chi connectivity index (χ1v) is 9.50. The van der Waals surface area contributed by atoms with E-state index in [2.05, 4.69) is 10.2 Å². The van der Waals surface area contributed by atoms with Crippen LogP contribution >= 0.6 is 0 Å². The normalized spacial score (nSPS) is 15.1. The number of methoxy groups -OCH3 is 2. The molecule has 2 aromatic rings. The summed E-state index contributed by atoms with van der Waals surface area (Å²) in [5, 5.41) is 3.05. The summed E-state index contributed by atoms with van der Waals surface area (Å²) in [5.74, 6) is 1.25. The second-order valence-electron chi connectivity index (χ2n) is 6.90. The second kappa shape index (κ2) is 8.80. The largest absolute Gasteiger partial charge is 0.493 e. The summed E-state index contributed by atoms with van der Waals surface area (Å²) in [6, 6.07) is 13.4. The maximum atomic E-state index is 12.6. The number of anilines is 1. The molecule has 1 fully saturated rings. The lowest BCUT2D eigenvalue weighted by molar-refractivity contribution is 0.0940. The van der Waals surface area contributed by atoms with E-state index in [9.17, 15) is 4.79 Å². The molecule has 3 rings (SSSR count). The molecule has 1 aliphatic rings. The van der Waals surface area contributed by atoms with Crippen LogP contribution in [0.1, 0.15) is 48.1 Å². The predicted octanol–water partition coefficient (Wildman–Crippen LogP) is 4.19. The van der Waals surface area contributed by atoms with E-state index in [1.165, 1.54) is 24.9 Å². The SMILES string of the molecule is COc1ccc(C(C)NC(=O)c2ccc(N3CCCCC3)cc2)cc1OC. The van der Waals surface area contributed by atoms with Crippen LogP contribution < -0.4 is 19.7 Å². The third-order valence-corrected chi connectivity index (χ3v) is 5.11. The number of nitrogens with zero attached hydrogens (tertiary/aromatic N) is 1. The highest BCUT2D eigenvalue weighted by molar-refractivity contribution is 5.94. The van der Waals surface area contributed by atoms with Gasteiger partial charge in [0.25, 0.3) is 5.91 Å². The molecule has 0 aliphatic carbocycles. The van der Waals surface area contributed by atoms with Crippen LogP contribution in [0.3, 0.4) is 0 Å². The van der Waals surface area contributed by atoms with Gasteiger partial charge in [-0.05, 0) is 68.1 Å². The number of nitrogens with one attached hydrogen (secondary N) is 1. The predicted molar refractivity (Wildman–Crippen MR) is 108 cm³/mol. The van der Waals surface area contributed by atoms with Gasteiger partial charge in [-0.25, -0.2) is 0 Å². The zero-order valence-corrected chi connectivity index (χ0v) is 16.3. The van der Waals surface area contributed by atoms with Crippen LogP contribution in [0.2, 0.25) is 0 Å². The molecule has 2 aromatic carbocycles. The highest BCUT2D eigenvalue weighted by Crippen LogP contribution is 2.30. The first kappa shape index (κ1) is 19.1. The fraction of sp³-hybridized carbons (Fsp3) is 0.409. The molecular formula is C22H28N2O3. The molecule has 1 heterocycles. The van der Waals surface area contributed by atoms with E-state index < -0.39 is 0 Å². The Kier molecular flexibility index (Phi) is 6.22. The van der Waals surface area contributed by atoms with E-state index in [1.54, 1.807) is 14.2 Å². The Bertz CT molecular complexity index is 768. The van der Waals surface area contributed by atoms with E-state index in [0.29, 0.717) is 17.1 Å². The summed E-state index contributed by atoms with van der Waals surface area (Å²) in [7, 11) is 3.21. The quantitative estimate of drug-likeness (QED) is 0.831. The number of carbonyl (C=O) groups excluding carboxylic acids is 1. The molecule has 1 amide bonds. The van der Waals surface area contributed by atoms with Gasteiger partial charge in [-0.15, -0.1) is 0 Å². The number of benzene rings is 2. The number of amides is 1. The molecule has 0 saturated carbocycles. The fourth-order valence-electron chi connectivity index (χ4n) is 3.46. The molecule has 144 valence electrons. The summed E-state index contributed by atoms with van der Waals surface area (Å²) in [5.41, 5.74) is 2.83. The molecule has 5 nitrogen and oxygen atoms in total. The van der Waals surface area contributed by atoms with Gasteiger partial charge in [0.1, 0.15) is 0 Å². The van der Waals surface area contributed by atoms with E-state index in [4.69, 9.17) is 9.47 Å². The molecule has 0 aromatic heterocycles. The average molecular weight is 368 g/mol. The maximum Gasteiger partial charge on any atom is 0.251 e. The van der Waals surface area contributed by atoms with Crippen molar-refractivity contribution in [2.24, 2.45) is 0 Å². The zero-order chi connectivity index (χ0) is 19.2. The van der Waals surface area contributed by atoms with Crippen LogP contribution in [-0.2, 0) is 0 Å². The third kappa shape index (κ3) is 4.54. The van der Waals surface area contributed by atoms with Crippen LogP contribution in [0.25, 0.3) is 0 Å². The Hall–Kier alpha value is -2.69. The van der Waals surface area contributed by atoms with Gasteiger partial charge in [-0.1, -0.05) is 6.07 Å². The number of piperidine rings is 1. The van der Waals surface area contributed by atoms with Crippen molar-refractivity contribution in [1.29, 1.82) is 0 Å². The summed E-state index contributed by atoms with van der Waals surface area (Å²) in [4.78, 5) is 15.0. The maximum absolute atomic E-state index is 12.6. The van der Waals surface area contributed by atoms with Crippen molar-refractivity contribution in [3.63, 3.8) is 0 Å². The summed E-state index contributed by atoms with van der Waals surface area (Å²) >= 11 is 0. The molecule has 1 saturated heterocycles. The standard InChI is InChI=1S/C22H28N2O3/c1-16(18-9-12-20(26-2)21(15-18)27-3)23-22(25)17-7-10-19(11-8-17)24-13-5-4-6-14-24/h7-12,15-16H,4-6,13-14H2,1-3H3,(H,23,25). The second-order valence-corrected chi connectivity index (χ2v) is 6.90. The van der Waals surface area contributed by atoms with Crippen LogP contribution in [0.5, 0.6) is 11.5 Å². The molecule has 1 N–H and O–H groups in total. The minimum atomic E-state index is -0.140. The van der Waals surface area contributed by atoms with Crippen molar-refractivity contribution < 1.29 is 14.3 Å². The van der Waals surface area contributed by atoms with Crippen molar-refractivity contribution in [2.45, 2.75) is 32.2 Å². The Morgan fingerprint density at radius 3 is 2.26 bits per heavy atom. The number of rotatable bonds is 6. The summed E-state index contributed by atoms with van der Waals surface area (Å²) < 4.78 is 10.6. The highest BCUT2D eigenvalue weighted by Gasteiger charge is 2.15. The first-order valence-electron chi connectivity index (χ1n) is 9.50. The Balaban J connectivity index is 1.65. The van der Waals surface area contributed by atoms with Crippen LogP contribution in [0.4, 0.5) is 5.69 Å². The van der Waals surface area contributed by atoms with Crippen molar-refractivity contribution in [3.8, 4) is 11.5 Å². The molecular weight excluding hydrogens is 340 g/mol. The van der Waals surface area contributed by atoms with E-state index in [0.717, 1.165) is 18.7 Å².